The standard InChI is InChI=1S/C20H18ClN3O3/c1-26-17-7-6-12(8-18(17)27-2)15-10-19(25)23-20-16(15)11-22-24(20)14-5-3-4-13(21)9-14/h3-9,11,15H,10H2,1-2H3,(H,23,25)/t15-/m1/s1. The molecule has 1 atom stereocenters. The van der Waals surface area contributed by atoms with Crippen LogP contribution in [0.1, 0.15) is 23.5 Å². The number of hydrogen-bond donors (Lipinski definition) is 1. The number of methoxy groups -OCH3 is 2. The second kappa shape index (κ2) is 6.96. The van der Waals surface area contributed by atoms with Gasteiger partial charge in [-0.25, -0.2) is 4.68 Å². The van der Waals surface area contributed by atoms with Crippen LogP contribution < -0.4 is 14.8 Å². The normalized spacial score (nSPS) is 15.8. The molecule has 0 bridgehead atoms. The fraction of sp³-hybridized carbons (Fsp3) is 0.200. The van der Waals surface area contributed by atoms with Crippen molar-refractivity contribution in [1.82, 2.24) is 9.78 Å². The molecule has 1 aliphatic rings. The number of aromatic nitrogens is 2. The van der Waals surface area contributed by atoms with Gasteiger partial charge in [-0.05, 0) is 35.9 Å². The van der Waals surface area contributed by atoms with Crippen LogP contribution in [0.15, 0.2) is 48.7 Å². The Morgan fingerprint density at radius 3 is 2.70 bits per heavy atom. The maximum atomic E-state index is 12.4. The van der Waals surface area contributed by atoms with Crippen molar-refractivity contribution in [2.24, 2.45) is 0 Å². The molecule has 0 radical (unpaired) electrons. The Bertz CT molecular complexity index is 1020. The molecule has 0 aliphatic carbocycles. The molecular formula is C20H18ClN3O3. The van der Waals surface area contributed by atoms with Gasteiger partial charge in [0, 0.05) is 22.9 Å². The average molecular weight is 384 g/mol. The summed E-state index contributed by atoms with van der Waals surface area (Å²) >= 11 is 6.11. The summed E-state index contributed by atoms with van der Waals surface area (Å²) in [4.78, 5) is 12.4. The predicted molar refractivity (Wildman–Crippen MR) is 103 cm³/mol. The maximum absolute atomic E-state index is 12.4. The van der Waals surface area contributed by atoms with Gasteiger partial charge in [-0.3, -0.25) is 4.79 Å². The number of ether oxygens (including phenoxy) is 2. The third-order valence-corrected chi connectivity index (χ3v) is 4.92. The van der Waals surface area contributed by atoms with Crippen LogP contribution in [0.25, 0.3) is 5.69 Å². The van der Waals surface area contributed by atoms with Crippen LogP contribution in [0.2, 0.25) is 5.02 Å². The van der Waals surface area contributed by atoms with E-state index in [2.05, 4.69) is 10.4 Å². The quantitative estimate of drug-likeness (QED) is 0.739. The zero-order valence-corrected chi connectivity index (χ0v) is 15.7. The van der Waals surface area contributed by atoms with Crippen LogP contribution >= 0.6 is 11.6 Å². The molecule has 1 aromatic heterocycles. The van der Waals surface area contributed by atoms with Gasteiger partial charge in [-0.2, -0.15) is 5.10 Å². The first-order valence-corrected chi connectivity index (χ1v) is 8.84. The first-order valence-electron chi connectivity index (χ1n) is 8.46. The van der Waals surface area contributed by atoms with Crippen LogP contribution in [-0.4, -0.2) is 29.9 Å². The number of rotatable bonds is 4. The summed E-state index contributed by atoms with van der Waals surface area (Å²) in [6.45, 7) is 0. The van der Waals surface area contributed by atoms with Crippen molar-refractivity contribution in [3.63, 3.8) is 0 Å². The van der Waals surface area contributed by atoms with Gasteiger partial charge in [0.25, 0.3) is 0 Å². The highest BCUT2D eigenvalue weighted by Gasteiger charge is 2.31. The van der Waals surface area contributed by atoms with Gasteiger partial charge in [0.1, 0.15) is 5.82 Å². The Kier molecular flexibility index (Phi) is 4.49. The highest BCUT2D eigenvalue weighted by atomic mass is 35.5. The molecule has 1 N–H and O–H groups in total. The van der Waals surface area contributed by atoms with Crippen molar-refractivity contribution in [1.29, 1.82) is 0 Å². The van der Waals surface area contributed by atoms with E-state index in [1.54, 1.807) is 37.2 Å². The fourth-order valence-corrected chi connectivity index (χ4v) is 3.57. The maximum Gasteiger partial charge on any atom is 0.226 e. The van der Waals surface area contributed by atoms with E-state index in [9.17, 15) is 4.79 Å². The van der Waals surface area contributed by atoms with E-state index >= 15 is 0 Å². The summed E-state index contributed by atoms with van der Waals surface area (Å²) < 4.78 is 12.4. The number of nitrogens with one attached hydrogen (secondary N) is 1. The van der Waals surface area contributed by atoms with Crippen LogP contribution in [0.4, 0.5) is 5.82 Å². The number of benzene rings is 2. The SMILES string of the molecule is COc1ccc([C@H]2CC(=O)Nc3c2cnn3-c2cccc(Cl)c2)cc1OC. The summed E-state index contributed by atoms with van der Waals surface area (Å²) in [6, 6.07) is 13.1. The molecule has 0 saturated heterocycles. The van der Waals surface area contributed by atoms with Gasteiger partial charge < -0.3 is 14.8 Å². The van der Waals surface area contributed by atoms with Gasteiger partial charge in [-0.15, -0.1) is 0 Å². The van der Waals surface area contributed by atoms with Gasteiger partial charge >= 0.3 is 0 Å². The van der Waals surface area contributed by atoms with Gasteiger partial charge in [0.05, 0.1) is 26.1 Å². The monoisotopic (exact) mass is 383 g/mol. The highest BCUT2D eigenvalue weighted by molar-refractivity contribution is 6.30. The van der Waals surface area contributed by atoms with Crippen LogP contribution in [-0.2, 0) is 4.79 Å². The lowest BCUT2D eigenvalue weighted by atomic mass is 9.87. The number of hydrogen-bond acceptors (Lipinski definition) is 4. The minimum absolute atomic E-state index is 0.0638. The molecule has 138 valence electrons. The third-order valence-electron chi connectivity index (χ3n) is 4.68. The molecule has 1 amide bonds. The lowest BCUT2D eigenvalue weighted by Gasteiger charge is -2.24. The van der Waals surface area contributed by atoms with Crippen molar-refractivity contribution in [3.05, 3.63) is 64.8 Å². The molecule has 0 unspecified atom stereocenters. The zero-order valence-electron chi connectivity index (χ0n) is 14.9. The highest BCUT2D eigenvalue weighted by Crippen LogP contribution is 2.40. The summed E-state index contributed by atoms with van der Waals surface area (Å²) in [7, 11) is 3.19. The molecule has 0 fully saturated rings. The molecule has 0 spiro atoms. The number of carbonyl (C=O) groups is 1. The smallest absolute Gasteiger partial charge is 0.226 e. The predicted octanol–water partition coefficient (Wildman–Crippen LogP) is 4.02. The fourth-order valence-electron chi connectivity index (χ4n) is 3.39. The third kappa shape index (κ3) is 3.13. The van der Waals surface area contributed by atoms with Crippen molar-refractivity contribution in [2.75, 3.05) is 19.5 Å². The van der Waals surface area contributed by atoms with Crippen molar-refractivity contribution in [2.45, 2.75) is 12.3 Å². The molecule has 6 nitrogen and oxygen atoms in total. The molecule has 4 rings (SSSR count). The van der Waals surface area contributed by atoms with Crippen molar-refractivity contribution < 1.29 is 14.3 Å². The molecule has 2 aromatic carbocycles. The van der Waals surface area contributed by atoms with Crippen LogP contribution in [0.3, 0.4) is 0 Å². The van der Waals surface area contributed by atoms with E-state index in [1.165, 1.54) is 0 Å². The van der Waals surface area contributed by atoms with Crippen LogP contribution in [0.5, 0.6) is 11.5 Å². The Labute approximate surface area is 161 Å². The number of anilines is 1. The van der Waals surface area contributed by atoms with E-state index in [0.29, 0.717) is 28.8 Å². The first-order chi connectivity index (χ1) is 13.1. The number of nitrogens with zero attached hydrogens (tertiary/aromatic N) is 2. The Balaban J connectivity index is 1.80. The molecular weight excluding hydrogens is 366 g/mol. The van der Waals surface area contributed by atoms with Gasteiger partial charge in [0.15, 0.2) is 11.5 Å². The number of fused-ring (bicyclic) bond motifs is 1. The molecule has 2 heterocycles. The topological polar surface area (TPSA) is 65.4 Å². The van der Waals surface area contributed by atoms with E-state index in [4.69, 9.17) is 21.1 Å². The minimum atomic E-state index is -0.124. The lowest BCUT2D eigenvalue weighted by molar-refractivity contribution is -0.116. The lowest BCUT2D eigenvalue weighted by Crippen LogP contribution is -2.24. The second-order valence-corrected chi connectivity index (χ2v) is 6.70. The number of carbonyl (C=O) groups excluding carboxylic acids is 1. The van der Waals surface area contributed by atoms with Crippen LogP contribution in [0, 0.1) is 0 Å². The Hall–Kier alpha value is -2.99. The van der Waals surface area contributed by atoms with E-state index in [0.717, 1.165) is 16.8 Å². The van der Waals surface area contributed by atoms with Gasteiger partial charge in [-0.1, -0.05) is 23.7 Å². The average Bonchev–Trinajstić information content (AvgIpc) is 3.10. The molecule has 1 aliphatic heterocycles. The second-order valence-electron chi connectivity index (χ2n) is 6.26. The zero-order chi connectivity index (χ0) is 19.0. The largest absolute Gasteiger partial charge is 0.493 e. The molecule has 3 aromatic rings. The Morgan fingerprint density at radius 1 is 1.15 bits per heavy atom. The Morgan fingerprint density at radius 2 is 1.96 bits per heavy atom. The number of halogens is 1. The van der Waals surface area contributed by atoms with Crippen molar-refractivity contribution >= 4 is 23.3 Å². The van der Waals surface area contributed by atoms with E-state index < -0.39 is 0 Å². The summed E-state index contributed by atoms with van der Waals surface area (Å²) in [6.07, 6.45) is 2.13. The number of amides is 1. The van der Waals surface area contributed by atoms with Gasteiger partial charge in [0.2, 0.25) is 5.91 Å². The van der Waals surface area contributed by atoms with E-state index in [1.807, 2.05) is 30.3 Å². The molecule has 7 heteroatoms. The minimum Gasteiger partial charge on any atom is -0.493 e. The summed E-state index contributed by atoms with van der Waals surface area (Å²) in [5.74, 6) is 1.75. The van der Waals surface area contributed by atoms with E-state index in [-0.39, 0.29) is 11.8 Å². The molecule has 27 heavy (non-hydrogen) atoms. The summed E-state index contributed by atoms with van der Waals surface area (Å²) in [5.41, 5.74) is 2.70. The summed E-state index contributed by atoms with van der Waals surface area (Å²) in [5, 5.41) is 8.03. The first kappa shape index (κ1) is 17.4. The van der Waals surface area contributed by atoms with Crippen molar-refractivity contribution in [3.8, 4) is 17.2 Å². The molecule has 0 saturated carbocycles.